The Kier molecular flexibility index (Phi) is 9.71. The molecule has 2 amide bonds. The van der Waals surface area contributed by atoms with Crippen LogP contribution in [0.1, 0.15) is 38.7 Å². The highest BCUT2D eigenvalue weighted by Gasteiger charge is 2.11. The van der Waals surface area contributed by atoms with Crippen LogP contribution >= 0.6 is 0 Å². The largest absolute Gasteiger partial charge is 0.379 e. The van der Waals surface area contributed by atoms with E-state index in [2.05, 4.69) is 22.8 Å². The van der Waals surface area contributed by atoms with Crippen molar-refractivity contribution in [3.05, 3.63) is 35.9 Å². The third-order valence-electron chi connectivity index (χ3n) is 3.28. The first-order valence-electron chi connectivity index (χ1n) is 8.31. The van der Waals surface area contributed by atoms with Crippen LogP contribution < -0.4 is 10.6 Å². The van der Waals surface area contributed by atoms with Gasteiger partial charge in [-0.15, -0.1) is 0 Å². The summed E-state index contributed by atoms with van der Waals surface area (Å²) in [7, 11) is 0. The fraction of sp³-hybridized carbons (Fsp3) is 0.556. The predicted molar refractivity (Wildman–Crippen MR) is 91.1 cm³/mol. The second-order valence-electron chi connectivity index (χ2n) is 5.73. The molecule has 0 radical (unpaired) electrons. The molecule has 128 valence electrons. The van der Waals surface area contributed by atoms with Crippen molar-refractivity contribution in [3.63, 3.8) is 0 Å². The molecule has 0 aliphatic carbocycles. The maximum Gasteiger partial charge on any atom is 0.309 e. The van der Waals surface area contributed by atoms with Crippen molar-refractivity contribution in [1.29, 1.82) is 0 Å². The molecule has 0 saturated heterocycles. The van der Waals surface area contributed by atoms with Crippen molar-refractivity contribution in [2.24, 2.45) is 0 Å². The molecule has 0 unspecified atom stereocenters. The van der Waals surface area contributed by atoms with Gasteiger partial charge in [-0.2, -0.15) is 0 Å². The second-order valence-corrected chi connectivity index (χ2v) is 5.73. The summed E-state index contributed by atoms with van der Waals surface area (Å²) in [6.45, 7) is 5.48. The number of hydrogen-bond donors (Lipinski definition) is 2. The molecule has 0 bridgehead atoms. The summed E-state index contributed by atoms with van der Waals surface area (Å²) in [5.41, 5.74) is 1.29. The van der Waals surface area contributed by atoms with Gasteiger partial charge in [-0.05, 0) is 45.1 Å². The lowest BCUT2D eigenvalue weighted by molar-refractivity contribution is -0.139. The second kappa shape index (κ2) is 11.7. The summed E-state index contributed by atoms with van der Waals surface area (Å²) >= 11 is 0. The van der Waals surface area contributed by atoms with E-state index in [1.807, 2.05) is 32.0 Å². The third-order valence-corrected chi connectivity index (χ3v) is 3.28. The first-order chi connectivity index (χ1) is 11.1. The number of nitrogens with one attached hydrogen (secondary N) is 2. The predicted octanol–water partition coefficient (Wildman–Crippen LogP) is 2.06. The average Bonchev–Trinajstić information content (AvgIpc) is 2.54. The summed E-state index contributed by atoms with van der Waals surface area (Å²) in [6.07, 6.45) is 3.71. The first-order valence-corrected chi connectivity index (χ1v) is 8.31. The summed E-state index contributed by atoms with van der Waals surface area (Å²) < 4.78 is 5.36. The zero-order chi connectivity index (χ0) is 16.9. The van der Waals surface area contributed by atoms with Crippen molar-refractivity contribution in [1.82, 2.24) is 10.6 Å². The Bertz CT molecular complexity index is 461. The summed E-state index contributed by atoms with van der Waals surface area (Å²) in [5, 5.41) is 5.24. The van der Waals surface area contributed by atoms with E-state index >= 15 is 0 Å². The van der Waals surface area contributed by atoms with E-state index in [1.54, 1.807) is 0 Å². The highest BCUT2D eigenvalue weighted by atomic mass is 16.5. The van der Waals surface area contributed by atoms with Crippen LogP contribution in [0.25, 0.3) is 0 Å². The molecule has 1 aromatic rings. The minimum atomic E-state index is -0.572. The Morgan fingerprint density at radius 3 is 2.17 bits per heavy atom. The maximum absolute atomic E-state index is 11.6. The summed E-state index contributed by atoms with van der Waals surface area (Å²) in [5.74, 6) is -1.13. The molecule has 23 heavy (non-hydrogen) atoms. The van der Waals surface area contributed by atoms with Crippen molar-refractivity contribution in [2.45, 2.75) is 45.6 Å². The van der Waals surface area contributed by atoms with Gasteiger partial charge in [0.15, 0.2) is 0 Å². The Labute approximate surface area is 138 Å². The van der Waals surface area contributed by atoms with E-state index < -0.39 is 11.8 Å². The molecule has 0 spiro atoms. The number of rotatable bonds is 10. The highest BCUT2D eigenvalue weighted by molar-refractivity contribution is 6.35. The Morgan fingerprint density at radius 1 is 0.957 bits per heavy atom. The van der Waals surface area contributed by atoms with Gasteiger partial charge in [0, 0.05) is 19.7 Å². The van der Waals surface area contributed by atoms with Crippen molar-refractivity contribution < 1.29 is 14.3 Å². The fourth-order valence-electron chi connectivity index (χ4n) is 2.05. The van der Waals surface area contributed by atoms with Crippen LogP contribution in [0.5, 0.6) is 0 Å². The van der Waals surface area contributed by atoms with Gasteiger partial charge in [0.2, 0.25) is 0 Å². The Morgan fingerprint density at radius 2 is 1.57 bits per heavy atom. The van der Waals surface area contributed by atoms with Crippen molar-refractivity contribution >= 4 is 11.8 Å². The molecule has 0 fully saturated rings. The van der Waals surface area contributed by atoms with Gasteiger partial charge in [-0.25, -0.2) is 0 Å². The lowest BCUT2D eigenvalue weighted by atomic mass is 10.1. The molecule has 0 atom stereocenters. The van der Waals surface area contributed by atoms with E-state index in [-0.39, 0.29) is 6.10 Å². The van der Waals surface area contributed by atoms with E-state index in [9.17, 15) is 9.59 Å². The van der Waals surface area contributed by atoms with E-state index in [0.29, 0.717) is 26.1 Å². The van der Waals surface area contributed by atoms with Crippen LogP contribution in [0.4, 0.5) is 0 Å². The molecule has 0 aliphatic heterocycles. The molecule has 5 nitrogen and oxygen atoms in total. The van der Waals surface area contributed by atoms with Gasteiger partial charge >= 0.3 is 11.8 Å². The molecule has 1 rings (SSSR count). The Hall–Kier alpha value is -1.88. The van der Waals surface area contributed by atoms with Gasteiger partial charge in [0.25, 0.3) is 0 Å². The molecule has 0 aliphatic rings. The average molecular weight is 320 g/mol. The van der Waals surface area contributed by atoms with Gasteiger partial charge < -0.3 is 15.4 Å². The van der Waals surface area contributed by atoms with Crippen LogP contribution in [0, 0.1) is 0 Å². The zero-order valence-electron chi connectivity index (χ0n) is 14.1. The molecule has 5 heteroatoms. The molecular formula is C18H28N2O3. The van der Waals surface area contributed by atoms with Crippen LogP contribution in [0.3, 0.4) is 0 Å². The maximum atomic E-state index is 11.6. The van der Waals surface area contributed by atoms with E-state index in [4.69, 9.17) is 4.74 Å². The molecular weight excluding hydrogens is 292 g/mol. The molecule has 2 N–H and O–H groups in total. The summed E-state index contributed by atoms with van der Waals surface area (Å²) in [6, 6.07) is 10.2. The highest BCUT2D eigenvalue weighted by Crippen LogP contribution is 2.03. The summed E-state index contributed by atoms with van der Waals surface area (Å²) in [4.78, 5) is 23.2. The van der Waals surface area contributed by atoms with Crippen molar-refractivity contribution in [3.8, 4) is 0 Å². The lowest BCUT2D eigenvalue weighted by Gasteiger charge is -2.08. The van der Waals surface area contributed by atoms with Crippen LogP contribution in [-0.2, 0) is 20.7 Å². The third kappa shape index (κ3) is 9.68. The number of aryl methyl sites for hydroxylation is 1. The number of carbonyl (C=O) groups is 2. The molecule has 0 heterocycles. The van der Waals surface area contributed by atoms with E-state index in [1.165, 1.54) is 5.56 Å². The van der Waals surface area contributed by atoms with Gasteiger partial charge in [0.05, 0.1) is 6.10 Å². The van der Waals surface area contributed by atoms with Crippen LogP contribution in [-0.4, -0.2) is 37.6 Å². The molecule has 1 aromatic carbocycles. The number of benzene rings is 1. The number of amides is 2. The van der Waals surface area contributed by atoms with Gasteiger partial charge in [-0.1, -0.05) is 30.3 Å². The normalized spacial score (nSPS) is 10.6. The number of carbonyl (C=O) groups excluding carboxylic acids is 2. The number of ether oxygens (including phenoxy) is 1. The van der Waals surface area contributed by atoms with Crippen LogP contribution in [0.15, 0.2) is 30.3 Å². The standard InChI is InChI=1S/C18H28N2O3/c1-15(2)23-14-8-13-20-18(22)17(21)19-12-7-6-11-16-9-4-3-5-10-16/h3-5,9-10,15H,6-8,11-14H2,1-2H3,(H,19,21)(H,20,22). The minimum Gasteiger partial charge on any atom is -0.379 e. The first kappa shape index (κ1) is 19.2. The minimum absolute atomic E-state index is 0.185. The van der Waals surface area contributed by atoms with Gasteiger partial charge in [0.1, 0.15) is 0 Å². The fourth-order valence-corrected chi connectivity index (χ4v) is 2.05. The van der Waals surface area contributed by atoms with E-state index in [0.717, 1.165) is 19.3 Å². The van der Waals surface area contributed by atoms with Crippen LogP contribution in [0.2, 0.25) is 0 Å². The topological polar surface area (TPSA) is 67.4 Å². The monoisotopic (exact) mass is 320 g/mol. The Balaban J connectivity index is 2.01. The SMILES string of the molecule is CC(C)OCCCNC(=O)C(=O)NCCCCc1ccccc1. The zero-order valence-corrected chi connectivity index (χ0v) is 14.1. The number of hydrogen-bond acceptors (Lipinski definition) is 3. The lowest BCUT2D eigenvalue weighted by Crippen LogP contribution is -2.40. The quantitative estimate of drug-likeness (QED) is 0.512. The molecule has 0 aromatic heterocycles. The molecule has 0 saturated carbocycles. The van der Waals surface area contributed by atoms with Crippen molar-refractivity contribution in [2.75, 3.05) is 19.7 Å². The van der Waals surface area contributed by atoms with Gasteiger partial charge in [-0.3, -0.25) is 9.59 Å². The smallest absolute Gasteiger partial charge is 0.309 e. The number of unbranched alkanes of at least 4 members (excludes halogenated alkanes) is 1.